The molecule has 1 aromatic carbocycles. The number of para-hydroxylation sites is 1. The molecule has 0 radical (unpaired) electrons. The second kappa shape index (κ2) is 9.86. The Kier molecular flexibility index (Phi) is 7.45. The van der Waals surface area contributed by atoms with Gasteiger partial charge in [-0.1, -0.05) is 38.8 Å². The van der Waals surface area contributed by atoms with Gasteiger partial charge in [-0.2, -0.15) is 0 Å². The molecule has 164 valence electrons. The van der Waals surface area contributed by atoms with Crippen molar-refractivity contribution >= 4 is 35.2 Å². The predicted molar refractivity (Wildman–Crippen MR) is 120 cm³/mol. The fourth-order valence-electron chi connectivity index (χ4n) is 4.75. The number of anilines is 1. The van der Waals surface area contributed by atoms with Crippen LogP contribution in [0.3, 0.4) is 0 Å². The number of rotatable bonds is 6. The van der Waals surface area contributed by atoms with Crippen molar-refractivity contribution in [2.45, 2.75) is 50.5 Å². The summed E-state index contributed by atoms with van der Waals surface area (Å²) in [6, 6.07) is 7.83. The Balaban J connectivity index is 1.57. The molecule has 1 N–H and O–H groups in total. The zero-order valence-electron chi connectivity index (χ0n) is 18.4. The number of amides is 3. The number of hydrogen-bond donors (Lipinski definition) is 1. The monoisotopic (exact) mass is 431 g/mol. The van der Waals surface area contributed by atoms with E-state index in [-0.39, 0.29) is 42.6 Å². The minimum atomic E-state index is -0.363. The van der Waals surface area contributed by atoms with Crippen LogP contribution in [0.15, 0.2) is 29.2 Å². The highest BCUT2D eigenvalue weighted by atomic mass is 32.2. The maximum atomic E-state index is 12.9. The highest BCUT2D eigenvalue weighted by molar-refractivity contribution is 7.98. The molecule has 2 aliphatic rings. The number of nitrogens with one attached hydrogen (secondary N) is 1. The number of likely N-dealkylation sites (tertiary alicyclic amines) is 1. The molecule has 1 saturated carbocycles. The van der Waals surface area contributed by atoms with Gasteiger partial charge in [-0.05, 0) is 36.6 Å². The molecule has 1 saturated heterocycles. The zero-order valence-corrected chi connectivity index (χ0v) is 19.2. The van der Waals surface area contributed by atoms with Gasteiger partial charge in [-0.25, -0.2) is 0 Å². The van der Waals surface area contributed by atoms with E-state index in [2.05, 4.69) is 19.2 Å². The third-order valence-electron chi connectivity index (χ3n) is 6.71. The average molecular weight is 432 g/mol. The number of benzene rings is 1. The van der Waals surface area contributed by atoms with Crippen molar-refractivity contribution in [1.82, 2.24) is 9.80 Å². The normalized spacial score (nSPS) is 26.5. The van der Waals surface area contributed by atoms with Crippen molar-refractivity contribution in [1.29, 1.82) is 0 Å². The van der Waals surface area contributed by atoms with Crippen LogP contribution in [0.5, 0.6) is 0 Å². The Morgan fingerprint density at radius 2 is 1.97 bits per heavy atom. The van der Waals surface area contributed by atoms with E-state index in [1.54, 1.807) is 18.8 Å². The smallest absolute Gasteiger partial charge is 0.244 e. The molecule has 3 amide bonds. The van der Waals surface area contributed by atoms with Gasteiger partial charge in [-0.15, -0.1) is 11.8 Å². The van der Waals surface area contributed by atoms with E-state index < -0.39 is 0 Å². The molecule has 1 heterocycles. The van der Waals surface area contributed by atoms with E-state index in [1.165, 1.54) is 11.3 Å². The van der Waals surface area contributed by atoms with E-state index in [0.717, 1.165) is 23.4 Å². The third kappa shape index (κ3) is 4.99. The molecule has 1 aliphatic carbocycles. The number of likely N-dealkylation sites (N-methyl/N-ethyl adjacent to an activating group) is 1. The van der Waals surface area contributed by atoms with E-state index in [4.69, 9.17) is 0 Å². The summed E-state index contributed by atoms with van der Waals surface area (Å²) < 4.78 is 0. The largest absolute Gasteiger partial charge is 0.339 e. The summed E-state index contributed by atoms with van der Waals surface area (Å²) in [6.45, 7) is 4.92. The van der Waals surface area contributed by atoms with Crippen LogP contribution in [0, 0.1) is 17.8 Å². The van der Waals surface area contributed by atoms with Gasteiger partial charge in [0.15, 0.2) is 0 Å². The van der Waals surface area contributed by atoms with Crippen molar-refractivity contribution in [2.75, 3.05) is 31.7 Å². The first-order chi connectivity index (χ1) is 14.3. The number of thioether (sulfide) groups is 1. The molecule has 3 rings (SSSR count). The molecule has 2 fully saturated rings. The summed E-state index contributed by atoms with van der Waals surface area (Å²) in [4.78, 5) is 42.4. The Hall–Kier alpha value is -2.02. The SMILES string of the molecule is CSc1ccccc1NC(=O)CN(C)C(=O)C1CC(=O)N(C2CCCC(C)C2C)C1. The summed E-state index contributed by atoms with van der Waals surface area (Å²) in [6.07, 6.45) is 5.57. The lowest BCUT2D eigenvalue weighted by molar-refractivity contribution is -0.137. The van der Waals surface area contributed by atoms with E-state index >= 15 is 0 Å². The van der Waals surface area contributed by atoms with Crippen molar-refractivity contribution < 1.29 is 14.4 Å². The Morgan fingerprint density at radius 3 is 2.70 bits per heavy atom. The minimum absolute atomic E-state index is 0.0247. The fraction of sp³-hybridized carbons (Fsp3) is 0.609. The minimum Gasteiger partial charge on any atom is -0.339 e. The topological polar surface area (TPSA) is 69.7 Å². The van der Waals surface area contributed by atoms with Crippen LogP contribution in [0.25, 0.3) is 0 Å². The molecule has 0 bridgehead atoms. The first kappa shape index (κ1) is 22.7. The standard InChI is InChI=1S/C23H33N3O3S/c1-15-8-7-10-19(16(15)2)26-13-17(12-22(26)28)23(29)25(3)14-21(27)24-18-9-5-6-11-20(18)30-4/h5-6,9,11,15-17,19H,7-8,10,12-14H2,1-4H3,(H,24,27). The summed E-state index contributed by atoms with van der Waals surface area (Å²) in [7, 11) is 1.64. The van der Waals surface area contributed by atoms with Gasteiger partial charge in [-0.3, -0.25) is 14.4 Å². The average Bonchev–Trinajstić information content (AvgIpc) is 3.11. The van der Waals surface area contributed by atoms with Crippen LogP contribution in [0.4, 0.5) is 5.69 Å². The number of nitrogens with zero attached hydrogens (tertiary/aromatic N) is 2. The summed E-state index contributed by atoms with van der Waals surface area (Å²) in [5, 5.41) is 2.89. The molecule has 4 unspecified atom stereocenters. The maximum absolute atomic E-state index is 12.9. The molecule has 0 spiro atoms. The number of carbonyl (C=O) groups excluding carboxylic acids is 3. The van der Waals surface area contributed by atoms with Gasteiger partial charge in [0.05, 0.1) is 18.2 Å². The fourth-order valence-corrected chi connectivity index (χ4v) is 5.31. The molecular formula is C23H33N3O3S. The second-order valence-corrected chi connectivity index (χ2v) is 9.57. The second-order valence-electron chi connectivity index (χ2n) is 8.72. The van der Waals surface area contributed by atoms with Gasteiger partial charge >= 0.3 is 0 Å². The Morgan fingerprint density at radius 1 is 1.23 bits per heavy atom. The van der Waals surface area contributed by atoms with Crippen molar-refractivity contribution in [3.8, 4) is 0 Å². The highest BCUT2D eigenvalue weighted by Crippen LogP contribution is 2.36. The third-order valence-corrected chi connectivity index (χ3v) is 7.51. The van der Waals surface area contributed by atoms with E-state index in [0.29, 0.717) is 18.4 Å². The maximum Gasteiger partial charge on any atom is 0.244 e. The highest BCUT2D eigenvalue weighted by Gasteiger charge is 2.42. The van der Waals surface area contributed by atoms with Gasteiger partial charge in [0, 0.05) is 31.0 Å². The lowest BCUT2D eigenvalue weighted by Gasteiger charge is -2.40. The molecular weight excluding hydrogens is 398 g/mol. The van der Waals surface area contributed by atoms with Crippen LogP contribution in [-0.2, 0) is 14.4 Å². The van der Waals surface area contributed by atoms with Gasteiger partial charge < -0.3 is 15.1 Å². The lowest BCUT2D eigenvalue weighted by atomic mass is 9.77. The Labute approximate surface area is 183 Å². The van der Waals surface area contributed by atoms with Gasteiger partial charge in [0.2, 0.25) is 17.7 Å². The zero-order chi connectivity index (χ0) is 21.8. The molecule has 6 nitrogen and oxygen atoms in total. The molecule has 30 heavy (non-hydrogen) atoms. The predicted octanol–water partition coefficient (Wildman–Crippen LogP) is 3.48. The summed E-state index contributed by atoms with van der Waals surface area (Å²) >= 11 is 1.56. The van der Waals surface area contributed by atoms with Crippen LogP contribution in [-0.4, -0.2) is 60.0 Å². The van der Waals surface area contributed by atoms with Crippen molar-refractivity contribution in [3.05, 3.63) is 24.3 Å². The molecule has 0 aromatic heterocycles. The molecule has 4 atom stereocenters. The van der Waals surface area contributed by atoms with E-state index in [1.807, 2.05) is 35.4 Å². The van der Waals surface area contributed by atoms with Crippen LogP contribution in [0.2, 0.25) is 0 Å². The quantitative estimate of drug-likeness (QED) is 0.700. The van der Waals surface area contributed by atoms with Crippen LogP contribution >= 0.6 is 11.8 Å². The molecule has 1 aromatic rings. The van der Waals surface area contributed by atoms with Crippen LogP contribution in [0.1, 0.15) is 39.5 Å². The Bertz CT molecular complexity index is 800. The first-order valence-corrected chi connectivity index (χ1v) is 12.0. The van der Waals surface area contributed by atoms with Gasteiger partial charge in [0.25, 0.3) is 0 Å². The summed E-state index contributed by atoms with van der Waals surface area (Å²) in [5.74, 6) is 0.404. The van der Waals surface area contributed by atoms with Crippen LogP contribution < -0.4 is 5.32 Å². The number of hydrogen-bond acceptors (Lipinski definition) is 4. The van der Waals surface area contributed by atoms with E-state index in [9.17, 15) is 14.4 Å². The number of carbonyl (C=O) groups is 3. The lowest BCUT2D eigenvalue weighted by Crippen LogP contribution is -2.45. The summed E-state index contributed by atoms with van der Waals surface area (Å²) in [5.41, 5.74) is 0.749. The molecule has 1 aliphatic heterocycles. The first-order valence-electron chi connectivity index (χ1n) is 10.8. The van der Waals surface area contributed by atoms with Gasteiger partial charge in [0.1, 0.15) is 0 Å². The van der Waals surface area contributed by atoms with Crippen molar-refractivity contribution in [2.24, 2.45) is 17.8 Å². The molecule has 7 heteroatoms. The van der Waals surface area contributed by atoms with Crippen molar-refractivity contribution in [3.63, 3.8) is 0 Å².